The molecule has 0 aliphatic carbocycles. The van der Waals surface area contributed by atoms with Crippen molar-refractivity contribution < 1.29 is 5.11 Å². The molecule has 1 saturated heterocycles. The van der Waals surface area contributed by atoms with Crippen molar-refractivity contribution >= 4 is 0 Å². The zero-order chi connectivity index (χ0) is 12.0. The summed E-state index contributed by atoms with van der Waals surface area (Å²) in [5.74, 6) is 0. The summed E-state index contributed by atoms with van der Waals surface area (Å²) in [6, 6.07) is 0.651. The Hall–Kier alpha value is -0.120. The fourth-order valence-electron chi connectivity index (χ4n) is 2.59. The highest BCUT2D eigenvalue weighted by atomic mass is 16.3. The van der Waals surface area contributed by atoms with Gasteiger partial charge in [-0.3, -0.25) is 0 Å². The molecule has 0 amide bonds. The van der Waals surface area contributed by atoms with Crippen molar-refractivity contribution in [3.8, 4) is 0 Å². The van der Waals surface area contributed by atoms with Gasteiger partial charge in [0.25, 0.3) is 0 Å². The van der Waals surface area contributed by atoms with E-state index in [1.165, 1.54) is 19.3 Å². The van der Waals surface area contributed by atoms with E-state index in [-0.39, 0.29) is 5.54 Å². The summed E-state index contributed by atoms with van der Waals surface area (Å²) in [6.45, 7) is 10.4. The van der Waals surface area contributed by atoms with Crippen LogP contribution in [0.2, 0.25) is 0 Å². The minimum Gasteiger partial charge on any atom is -0.396 e. The Bertz CT molecular complexity index is 186. The Morgan fingerprint density at radius 1 is 1.31 bits per heavy atom. The molecule has 0 radical (unpaired) electrons. The molecule has 1 aliphatic rings. The van der Waals surface area contributed by atoms with E-state index in [1.54, 1.807) is 0 Å². The van der Waals surface area contributed by atoms with Crippen LogP contribution in [0.15, 0.2) is 0 Å². The van der Waals surface area contributed by atoms with Crippen LogP contribution < -0.4 is 5.32 Å². The summed E-state index contributed by atoms with van der Waals surface area (Å²) in [7, 11) is 0. The lowest BCUT2D eigenvalue weighted by Gasteiger charge is -2.44. The molecule has 0 saturated carbocycles. The van der Waals surface area contributed by atoms with E-state index in [4.69, 9.17) is 0 Å². The third-order valence-corrected chi connectivity index (χ3v) is 3.83. The Kier molecular flexibility index (Phi) is 5.73. The van der Waals surface area contributed by atoms with Crippen LogP contribution in [0.25, 0.3) is 0 Å². The van der Waals surface area contributed by atoms with Gasteiger partial charge in [0.15, 0.2) is 0 Å². The standard InChI is InChI=1S/C13H28N2O/c1-4-8-14-13(7-11-16)5-9-15(10-6-13)12(2)3/h12,14,16H,4-11H2,1-3H3. The molecule has 3 nitrogen and oxygen atoms in total. The molecule has 3 heteroatoms. The fraction of sp³-hybridized carbons (Fsp3) is 1.00. The molecule has 1 rings (SSSR count). The zero-order valence-corrected chi connectivity index (χ0v) is 11.1. The number of likely N-dealkylation sites (tertiary alicyclic amines) is 1. The van der Waals surface area contributed by atoms with Crippen molar-refractivity contribution in [3.05, 3.63) is 0 Å². The van der Waals surface area contributed by atoms with Gasteiger partial charge < -0.3 is 15.3 Å². The SMILES string of the molecule is CCCNC1(CCO)CCN(C(C)C)CC1. The second kappa shape index (κ2) is 6.58. The van der Waals surface area contributed by atoms with Crippen molar-refractivity contribution in [1.82, 2.24) is 10.2 Å². The third kappa shape index (κ3) is 3.72. The van der Waals surface area contributed by atoms with Gasteiger partial charge in [0.1, 0.15) is 0 Å². The molecule has 0 bridgehead atoms. The topological polar surface area (TPSA) is 35.5 Å². The minimum absolute atomic E-state index is 0.205. The van der Waals surface area contributed by atoms with Crippen LogP contribution in [0.3, 0.4) is 0 Å². The summed E-state index contributed by atoms with van der Waals surface area (Å²) < 4.78 is 0. The van der Waals surface area contributed by atoms with Crippen LogP contribution in [0, 0.1) is 0 Å². The van der Waals surface area contributed by atoms with Gasteiger partial charge in [-0.15, -0.1) is 0 Å². The Morgan fingerprint density at radius 3 is 2.38 bits per heavy atom. The van der Waals surface area contributed by atoms with Crippen LogP contribution in [0.5, 0.6) is 0 Å². The van der Waals surface area contributed by atoms with Gasteiger partial charge in [-0.05, 0) is 46.1 Å². The van der Waals surface area contributed by atoms with Crippen molar-refractivity contribution in [2.45, 2.75) is 58.0 Å². The Morgan fingerprint density at radius 2 is 1.94 bits per heavy atom. The van der Waals surface area contributed by atoms with Crippen LogP contribution >= 0.6 is 0 Å². The highest BCUT2D eigenvalue weighted by Gasteiger charge is 2.33. The molecule has 1 fully saturated rings. The molecular weight excluding hydrogens is 200 g/mol. The molecule has 1 heterocycles. The first kappa shape index (κ1) is 13.9. The highest BCUT2D eigenvalue weighted by Crippen LogP contribution is 2.26. The molecule has 0 unspecified atom stereocenters. The van der Waals surface area contributed by atoms with Crippen molar-refractivity contribution in [2.75, 3.05) is 26.2 Å². The number of rotatable bonds is 6. The van der Waals surface area contributed by atoms with Crippen molar-refractivity contribution in [3.63, 3.8) is 0 Å². The fourth-order valence-corrected chi connectivity index (χ4v) is 2.59. The molecule has 16 heavy (non-hydrogen) atoms. The number of piperidine rings is 1. The number of hydrogen-bond donors (Lipinski definition) is 2. The third-order valence-electron chi connectivity index (χ3n) is 3.83. The molecule has 1 aliphatic heterocycles. The van der Waals surface area contributed by atoms with E-state index in [9.17, 15) is 5.11 Å². The second-order valence-electron chi connectivity index (χ2n) is 5.31. The minimum atomic E-state index is 0.205. The first-order valence-electron chi connectivity index (χ1n) is 6.73. The number of nitrogens with zero attached hydrogens (tertiary/aromatic N) is 1. The van der Waals surface area contributed by atoms with Crippen LogP contribution in [0.1, 0.15) is 46.5 Å². The lowest BCUT2D eigenvalue weighted by atomic mass is 9.84. The van der Waals surface area contributed by atoms with E-state index >= 15 is 0 Å². The molecule has 0 atom stereocenters. The first-order chi connectivity index (χ1) is 7.63. The lowest BCUT2D eigenvalue weighted by molar-refractivity contribution is 0.0903. The molecule has 0 aromatic carbocycles. The summed E-state index contributed by atoms with van der Waals surface area (Å²) in [5, 5.41) is 12.9. The quantitative estimate of drug-likeness (QED) is 0.725. The van der Waals surface area contributed by atoms with Crippen molar-refractivity contribution in [1.29, 1.82) is 0 Å². The Labute approximate surface area is 100 Å². The average molecular weight is 228 g/mol. The van der Waals surface area contributed by atoms with Crippen molar-refractivity contribution in [2.24, 2.45) is 0 Å². The van der Waals surface area contributed by atoms with Crippen LogP contribution in [-0.2, 0) is 0 Å². The first-order valence-corrected chi connectivity index (χ1v) is 6.73. The monoisotopic (exact) mass is 228 g/mol. The molecule has 0 aromatic rings. The smallest absolute Gasteiger partial charge is 0.0448 e. The normalized spacial score (nSPS) is 21.6. The van der Waals surface area contributed by atoms with E-state index in [2.05, 4.69) is 31.0 Å². The van der Waals surface area contributed by atoms with Crippen LogP contribution in [-0.4, -0.2) is 47.8 Å². The summed E-state index contributed by atoms with van der Waals surface area (Å²) in [4.78, 5) is 2.53. The molecule has 0 spiro atoms. The predicted octanol–water partition coefficient (Wildman–Crippen LogP) is 1.61. The zero-order valence-electron chi connectivity index (χ0n) is 11.1. The van der Waals surface area contributed by atoms with Crippen LogP contribution in [0.4, 0.5) is 0 Å². The second-order valence-corrected chi connectivity index (χ2v) is 5.31. The molecule has 2 N–H and O–H groups in total. The van der Waals surface area contributed by atoms with E-state index in [1.807, 2.05) is 0 Å². The van der Waals surface area contributed by atoms with Gasteiger partial charge in [0, 0.05) is 31.3 Å². The van der Waals surface area contributed by atoms with Gasteiger partial charge in [-0.25, -0.2) is 0 Å². The van der Waals surface area contributed by atoms with Gasteiger partial charge in [0.05, 0.1) is 0 Å². The number of aliphatic hydroxyl groups excluding tert-OH is 1. The Balaban J connectivity index is 2.48. The van der Waals surface area contributed by atoms with E-state index in [0.29, 0.717) is 12.6 Å². The maximum absolute atomic E-state index is 9.20. The molecule has 96 valence electrons. The predicted molar refractivity (Wildman–Crippen MR) is 68.7 cm³/mol. The number of hydrogen-bond acceptors (Lipinski definition) is 3. The average Bonchev–Trinajstić information content (AvgIpc) is 2.27. The summed E-state index contributed by atoms with van der Waals surface area (Å²) >= 11 is 0. The van der Waals surface area contributed by atoms with E-state index < -0.39 is 0 Å². The number of aliphatic hydroxyl groups is 1. The van der Waals surface area contributed by atoms with Gasteiger partial charge in [-0.2, -0.15) is 0 Å². The maximum Gasteiger partial charge on any atom is 0.0448 e. The number of nitrogens with one attached hydrogen (secondary N) is 1. The molecular formula is C13H28N2O. The van der Waals surface area contributed by atoms with Gasteiger partial charge in [-0.1, -0.05) is 6.92 Å². The van der Waals surface area contributed by atoms with Gasteiger partial charge >= 0.3 is 0 Å². The maximum atomic E-state index is 9.20. The van der Waals surface area contributed by atoms with E-state index in [0.717, 1.165) is 26.1 Å². The summed E-state index contributed by atoms with van der Waals surface area (Å²) in [5.41, 5.74) is 0.205. The largest absolute Gasteiger partial charge is 0.396 e. The highest BCUT2D eigenvalue weighted by molar-refractivity contribution is 4.93. The lowest BCUT2D eigenvalue weighted by Crippen LogP contribution is -2.55. The summed E-state index contributed by atoms with van der Waals surface area (Å²) in [6.07, 6.45) is 4.41. The van der Waals surface area contributed by atoms with Gasteiger partial charge in [0.2, 0.25) is 0 Å². The molecule has 0 aromatic heterocycles.